The van der Waals surface area contributed by atoms with Crippen LogP contribution in [0.1, 0.15) is 22.3 Å². The summed E-state index contributed by atoms with van der Waals surface area (Å²) >= 11 is 0. The maximum atomic E-state index is 13.8. The van der Waals surface area contributed by atoms with Crippen LogP contribution in [0.25, 0.3) is 0 Å². The van der Waals surface area contributed by atoms with Crippen molar-refractivity contribution in [1.82, 2.24) is 4.90 Å². The highest BCUT2D eigenvalue weighted by atomic mass is 19.1. The van der Waals surface area contributed by atoms with Gasteiger partial charge in [-0.3, -0.25) is 4.79 Å². The van der Waals surface area contributed by atoms with Crippen molar-refractivity contribution in [3.8, 4) is 0 Å². The van der Waals surface area contributed by atoms with Crippen LogP contribution in [0.2, 0.25) is 0 Å². The van der Waals surface area contributed by atoms with Gasteiger partial charge in [0.1, 0.15) is 5.82 Å². The van der Waals surface area contributed by atoms with Crippen LogP contribution in [0.5, 0.6) is 0 Å². The first-order valence-corrected chi connectivity index (χ1v) is 5.88. The molecule has 1 unspecified atom stereocenters. The number of nitrogens with two attached hydrogens (primary N) is 1. The molecule has 1 atom stereocenters. The molecule has 0 bridgehead atoms. The first-order valence-electron chi connectivity index (χ1n) is 5.88. The molecule has 1 saturated heterocycles. The van der Waals surface area contributed by atoms with Gasteiger partial charge >= 0.3 is 0 Å². The van der Waals surface area contributed by atoms with E-state index in [2.05, 4.69) is 0 Å². The molecule has 0 aliphatic carbocycles. The van der Waals surface area contributed by atoms with Gasteiger partial charge in [0.2, 0.25) is 0 Å². The van der Waals surface area contributed by atoms with E-state index >= 15 is 0 Å². The zero-order valence-corrected chi connectivity index (χ0v) is 9.95. The lowest BCUT2D eigenvalue weighted by Crippen LogP contribution is -2.30. The molecule has 1 aliphatic heterocycles. The highest BCUT2D eigenvalue weighted by molar-refractivity contribution is 5.94. The van der Waals surface area contributed by atoms with E-state index in [0.717, 1.165) is 6.42 Å². The Morgan fingerprint density at radius 2 is 2.35 bits per heavy atom. The van der Waals surface area contributed by atoms with Gasteiger partial charge < -0.3 is 10.6 Å². The lowest BCUT2D eigenvalue weighted by atomic mass is 10.1. The summed E-state index contributed by atoms with van der Waals surface area (Å²) < 4.78 is 13.8. The second-order valence-electron chi connectivity index (χ2n) is 4.58. The van der Waals surface area contributed by atoms with Crippen LogP contribution in [0.4, 0.5) is 4.39 Å². The standard InChI is InChI=1S/C13H17FN2O/c1-9-3-2-4-11(12(9)14)13(17)16-6-5-10(7-15)8-16/h2-4,10H,5-8,15H2,1H3. The average molecular weight is 236 g/mol. The molecule has 1 aromatic carbocycles. The number of hydrogen-bond acceptors (Lipinski definition) is 2. The monoisotopic (exact) mass is 236 g/mol. The molecule has 1 aliphatic rings. The summed E-state index contributed by atoms with van der Waals surface area (Å²) in [5.74, 6) is -0.275. The zero-order valence-electron chi connectivity index (χ0n) is 9.95. The molecule has 3 nitrogen and oxygen atoms in total. The lowest BCUT2D eigenvalue weighted by molar-refractivity contribution is 0.0783. The van der Waals surface area contributed by atoms with E-state index in [4.69, 9.17) is 5.73 Å². The average Bonchev–Trinajstić information content (AvgIpc) is 2.80. The third kappa shape index (κ3) is 2.31. The molecule has 17 heavy (non-hydrogen) atoms. The van der Waals surface area contributed by atoms with Crippen LogP contribution in [0.15, 0.2) is 18.2 Å². The first-order chi connectivity index (χ1) is 8.13. The highest BCUT2D eigenvalue weighted by Crippen LogP contribution is 2.20. The van der Waals surface area contributed by atoms with E-state index in [9.17, 15) is 9.18 Å². The molecule has 92 valence electrons. The van der Waals surface area contributed by atoms with Crippen molar-refractivity contribution in [2.24, 2.45) is 11.7 Å². The number of aryl methyl sites for hydroxylation is 1. The van der Waals surface area contributed by atoms with Gasteiger partial charge in [-0.15, -0.1) is 0 Å². The highest BCUT2D eigenvalue weighted by Gasteiger charge is 2.27. The fourth-order valence-corrected chi connectivity index (χ4v) is 2.19. The number of amides is 1. The van der Waals surface area contributed by atoms with Gasteiger partial charge in [-0.1, -0.05) is 12.1 Å². The molecule has 2 N–H and O–H groups in total. The smallest absolute Gasteiger partial charge is 0.256 e. The number of carbonyl (C=O) groups is 1. The molecule has 1 aromatic rings. The molecule has 0 spiro atoms. The van der Waals surface area contributed by atoms with Gasteiger partial charge in [0.15, 0.2) is 0 Å². The van der Waals surface area contributed by atoms with Crippen LogP contribution in [0, 0.1) is 18.7 Å². The molecule has 0 radical (unpaired) electrons. The van der Waals surface area contributed by atoms with Crippen molar-refractivity contribution in [2.75, 3.05) is 19.6 Å². The minimum Gasteiger partial charge on any atom is -0.338 e. The third-order valence-corrected chi connectivity index (χ3v) is 3.33. The van der Waals surface area contributed by atoms with E-state index in [1.807, 2.05) is 0 Å². The predicted octanol–water partition coefficient (Wildman–Crippen LogP) is 1.55. The molecular weight excluding hydrogens is 219 g/mol. The molecule has 0 saturated carbocycles. The van der Waals surface area contributed by atoms with Crippen molar-refractivity contribution >= 4 is 5.91 Å². The molecule has 1 heterocycles. The second kappa shape index (κ2) is 4.84. The van der Waals surface area contributed by atoms with E-state index in [0.29, 0.717) is 31.1 Å². The van der Waals surface area contributed by atoms with Crippen molar-refractivity contribution in [3.05, 3.63) is 35.1 Å². The van der Waals surface area contributed by atoms with Gasteiger partial charge in [0, 0.05) is 13.1 Å². The largest absolute Gasteiger partial charge is 0.338 e. The lowest BCUT2D eigenvalue weighted by Gasteiger charge is -2.17. The fourth-order valence-electron chi connectivity index (χ4n) is 2.19. The maximum absolute atomic E-state index is 13.8. The third-order valence-electron chi connectivity index (χ3n) is 3.33. The summed E-state index contributed by atoms with van der Waals surface area (Å²) in [6.45, 7) is 3.57. The Bertz CT molecular complexity index is 433. The summed E-state index contributed by atoms with van der Waals surface area (Å²) in [4.78, 5) is 13.8. The van der Waals surface area contributed by atoms with E-state index < -0.39 is 5.82 Å². The zero-order chi connectivity index (χ0) is 12.4. The molecule has 1 fully saturated rings. The number of rotatable bonds is 2. The Balaban J connectivity index is 2.18. The molecule has 2 rings (SSSR count). The van der Waals surface area contributed by atoms with E-state index in [-0.39, 0.29) is 11.5 Å². The molecular formula is C13H17FN2O. The minimum atomic E-state index is -0.409. The van der Waals surface area contributed by atoms with Crippen LogP contribution in [-0.2, 0) is 0 Å². The number of nitrogens with zero attached hydrogens (tertiary/aromatic N) is 1. The quantitative estimate of drug-likeness (QED) is 0.847. The van der Waals surface area contributed by atoms with Crippen LogP contribution in [0.3, 0.4) is 0 Å². The molecule has 4 heteroatoms. The number of likely N-dealkylation sites (tertiary alicyclic amines) is 1. The van der Waals surface area contributed by atoms with Crippen LogP contribution < -0.4 is 5.73 Å². The fraction of sp³-hybridized carbons (Fsp3) is 0.462. The van der Waals surface area contributed by atoms with Gasteiger partial charge in [-0.25, -0.2) is 4.39 Å². The van der Waals surface area contributed by atoms with Crippen molar-refractivity contribution in [1.29, 1.82) is 0 Å². The summed E-state index contributed by atoms with van der Waals surface area (Å²) in [6.07, 6.45) is 0.912. The predicted molar refractivity (Wildman–Crippen MR) is 64.2 cm³/mol. The summed E-state index contributed by atoms with van der Waals surface area (Å²) in [7, 11) is 0. The number of halogens is 1. The normalized spacial score (nSPS) is 19.7. The van der Waals surface area contributed by atoms with E-state index in [1.54, 1.807) is 30.0 Å². The summed E-state index contributed by atoms with van der Waals surface area (Å²) in [6, 6.07) is 4.92. The Kier molecular flexibility index (Phi) is 3.43. The Morgan fingerprint density at radius 3 is 3.00 bits per heavy atom. The SMILES string of the molecule is Cc1cccc(C(=O)N2CCC(CN)C2)c1F. The van der Waals surface area contributed by atoms with Crippen molar-refractivity contribution in [2.45, 2.75) is 13.3 Å². The van der Waals surface area contributed by atoms with Crippen LogP contribution in [-0.4, -0.2) is 30.4 Å². The van der Waals surface area contributed by atoms with Gasteiger partial charge in [0.05, 0.1) is 5.56 Å². The number of benzene rings is 1. The Morgan fingerprint density at radius 1 is 1.59 bits per heavy atom. The Hall–Kier alpha value is -1.42. The van der Waals surface area contributed by atoms with Gasteiger partial charge in [0.25, 0.3) is 5.91 Å². The van der Waals surface area contributed by atoms with Crippen molar-refractivity contribution < 1.29 is 9.18 Å². The summed E-state index contributed by atoms with van der Waals surface area (Å²) in [5.41, 5.74) is 6.25. The minimum absolute atomic E-state index is 0.169. The number of hydrogen-bond donors (Lipinski definition) is 1. The van der Waals surface area contributed by atoms with Gasteiger partial charge in [-0.2, -0.15) is 0 Å². The van der Waals surface area contributed by atoms with Crippen LogP contribution >= 0.6 is 0 Å². The molecule has 0 aromatic heterocycles. The first kappa shape index (κ1) is 12.0. The van der Waals surface area contributed by atoms with Gasteiger partial charge in [-0.05, 0) is 37.4 Å². The second-order valence-corrected chi connectivity index (χ2v) is 4.58. The Labute approximate surface area is 100 Å². The number of carbonyl (C=O) groups excluding carboxylic acids is 1. The molecule has 1 amide bonds. The maximum Gasteiger partial charge on any atom is 0.256 e. The van der Waals surface area contributed by atoms with Crippen molar-refractivity contribution in [3.63, 3.8) is 0 Å². The summed E-state index contributed by atoms with van der Waals surface area (Å²) in [5, 5.41) is 0. The van der Waals surface area contributed by atoms with E-state index in [1.165, 1.54) is 0 Å². The topological polar surface area (TPSA) is 46.3 Å².